The maximum Gasteiger partial charge on any atom is 0.231 e. The van der Waals surface area contributed by atoms with E-state index < -0.39 is 15.4 Å². The topological polar surface area (TPSA) is 55.9 Å². The summed E-state index contributed by atoms with van der Waals surface area (Å²) >= 11 is 0. The molecule has 7 heteroatoms. The van der Waals surface area contributed by atoms with Gasteiger partial charge in [-0.15, -0.1) is 0 Å². The highest BCUT2D eigenvalue weighted by Gasteiger charge is 2.46. The van der Waals surface area contributed by atoms with Gasteiger partial charge in [0, 0.05) is 44.2 Å². The molecule has 0 spiro atoms. The van der Waals surface area contributed by atoms with Crippen molar-refractivity contribution in [3.8, 4) is 11.1 Å². The van der Waals surface area contributed by atoms with E-state index in [1.54, 1.807) is 0 Å². The van der Waals surface area contributed by atoms with Gasteiger partial charge in [-0.2, -0.15) is 4.31 Å². The highest BCUT2D eigenvalue weighted by Crippen LogP contribution is 2.38. The molecule has 0 saturated carbocycles. The molecule has 1 unspecified atom stereocenters. The fourth-order valence-electron chi connectivity index (χ4n) is 6.10. The van der Waals surface area contributed by atoms with E-state index in [0.717, 1.165) is 32.5 Å². The fourth-order valence-corrected chi connectivity index (χ4v) is 8.21. The molecule has 0 aliphatic carbocycles. The standard InChI is InChI=1S/C28H40N4O2S/c1-20(2)32-28(14-15-29-32)35(33,34)31-17-6-5-16-30-18-26(27(30)19-31)24-12-10-23(11-13-24)25-9-7-8-21(3)22(25)4/h7-13,20,26-29H,5-6,14-19H2,1-4H3/t26-,27-,28?/m0/s1. The maximum absolute atomic E-state index is 13.8. The second kappa shape index (κ2) is 9.94. The third kappa shape index (κ3) is 4.69. The summed E-state index contributed by atoms with van der Waals surface area (Å²) in [6.45, 7) is 12.5. The molecule has 3 saturated heterocycles. The van der Waals surface area contributed by atoms with Gasteiger partial charge in [-0.3, -0.25) is 10.3 Å². The third-order valence-electron chi connectivity index (χ3n) is 8.37. The Bertz CT molecular complexity index is 1150. The monoisotopic (exact) mass is 496 g/mol. The maximum atomic E-state index is 13.8. The van der Waals surface area contributed by atoms with Crippen LogP contribution in [-0.4, -0.2) is 72.8 Å². The van der Waals surface area contributed by atoms with Crippen molar-refractivity contribution in [3.63, 3.8) is 0 Å². The Morgan fingerprint density at radius 2 is 1.71 bits per heavy atom. The van der Waals surface area contributed by atoms with Gasteiger partial charge in [0.05, 0.1) is 0 Å². The molecule has 3 aliphatic rings. The first-order valence-electron chi connectivity index (χ1n) is 13.2. The van der Waals surface area contributed by atoms with Crippen molar-refractivity contribution >= 4 is 10.0 Å². The molecule has 2 aromatic rings. The van der Waals surface area contributed by atoms with E-state index in [1.807, 2.05) is 9.31 Å². The van der Waals surface area contributed by atoms with Gasteiger partial charge in [0.1, 0.15) is 5.37 Å². The Labute approximate surface area is 211 Å². The molecular weight excluding hydrogens is 456 g/mol. The van der Waals surface area contributed by atoms with Gasteiger partial charge in [0.15, 0.2) is 0 Å². The number of sulfonamides is 1. The van der Waals surface area contributed by atoms with Gasteiger partial charge in [-0.1, -0.05) is 42.5 Å². The van der Waals surface area contributed by atoms with E-state index in [4.69, 9.17) is 0 Å². The van der Waals surface area contributed by atoms with Crippen molar-refractivity contribution in [3.05, 3.63) is 59.2 Å². The number of hydrazine groups is 1. The molecule has 0 radical (unpaired) electrons. The highest BCUT2D eigenvalue weighted by atomic mass is 32.2. The van der Waals surface area contributed by atoms with Gasteiger partial charge >= 0.3 is 0 Å². The Morgan fingerprint density at radius 3 is 2.46 bits per heavy atom. The van der Waals surface area contributed by atoms with Crippen molar-refractivity contribution in [1.29, 1.82) is 0 Å². The second-order valence-electron chi connectivity index (χ2n) is 10.8. The molecule has 3 atom stereocenters. The molecular formula is C28H40N4O2S. The number of nitrogens with one attached hydrogen (secondary N) is 1. The number of fused-ring (bicyclic) bond motifs is 1. The minimum Gasteiger partial charge on any atom is -0.298 e. The van der Waals surface area contributed by atoms with Gasteiger partial charge in [0.25, 0.3) is 0 Å². The fraction of sp³-hybridized carbons (Fsp3) is 0.571. The van der Waals surface area contributed by atoms with E-state index in [1.165, 1.54) is 27.8 Å². The van der Waals surface area contributed by atoms with Crippen molar-refractivity contribution in [1.82, 2.24) is 19.6 Å². The second-order valence-corrected chi connectivity index (χ2v) is 12.9. The van der Waals surface area contributed by atoms with Crippen LogP contribution in [0.3, 0.4) is 0 Å². The number of hydrogen-bond donors (Lipinski definition) is 1. The Balaban J connectivity index is 1.35. The Morgan fingerprint density at radius 1 is 0.971 bits per heavy atom. The molecule has 35 heavy (non-hydrogen) atoms. The Hall–Kier alpha value is -1.77. The van der Waals surface area contributed by atoms with Gasteiger partial charge in [-0.25, -0.2) is 13.4 Å². The molecule has 6 nitrogen and oxygen atoms in total. The summed E-state index contributed by atoms with van der Waals surface area (Å²) in [7, 11) is -3.41. The molecule has 1 N–H and O–H groups in total. The summed E-state index contributed by atoms with van der Waals surface area (Å²) in [4.78, 5) is 2.50. The van der Waals surface area contributed by atoms with Gasteiger partial charge in [0.2, 0.25) is 10.0 Å². The summed E-state index contributed by atoms with van der Waals surface area (Å²) in [5.41, 5.74) is 9.78. The van der Waals surface area contributed by atoms with Gasteiger partial charge in [-0.05, 0) is 81.3 Å². The summed E-state index contributed by atoms with van der Waals surface area (Å²) in [5, 5.41) is 1.47. The minimum absolute atomic E-state index is 0.149. The van der Waals surface area contributed by atoms with Crippen LogP contribution in [0, 0.1) is 13.8 Å². The predicted octanol–water partition coefficient (Wildman–Crippen LogP) is 4.11. The molecule has 0 amide bonds. The lowest BCUT2D eigenvalue weighted by Crippen LogP contribution is -2.62. The smallest absolute Gasteiger partial charge is 0.231 e. The number of hydrogen-bond acceptors (Lipinski definition) is 5. The van der Waals surface area contributed by atoms with Crippen LogP contribution < -0.4 is 5.43 Å². The van der Waals surface area contributed by atoms with Crippen molar-refractivity contribution < 1.29 is 8.42 Å². The number of rotatable bonds is 5. The van der Waals surface area contributed by atoms with E-state index >= 15 is 0 Å². The van der Waals surface area contributed by atoms with Crippen molar-refractivity contribution in [2.24, 2.45) is 0 Å². The lowest BCUT2D eigenvalue weighted by molar-refractivity contribution is 0.0338. The molecule has 190 valence electrons. The molecule has 0 bridgehead atoms. The van der Waals surface area contributed by atoms with E-state index in [9.17, 15) is 8.42 Å². The minimum atomic E-state index is -3.41. The quantitative estimate of drug-likeness (QED) is 0.675. The average molecular weight is 497 g/mol. The largest absolute Gasteiger partial charge is 0.298 e. The zero-order valence-corrected chi connectivity index (χ0v) is 22.4. The normalized spacial score (nSPS) is 26.8. The van der Waals surface area contributed by atoms with E-state index in [-0.39, 0.29) is 12.1 Å². The first-order valence-corrected chi connectivity index (χ1v) is 14.7. The summed E-state index contributed by atoms with van der Waals surface area (Å²) < 4.78 is 29.4. The lowest BCUT2D eigenvalue weighted by atomic mass is 9.81. The zero-order valence-electron chi connectivity index (χ0n) is 21.6. The number of nitrogens with zero attached hydrogens (tertiary/aromatic N) is 3. The predicted molar refractivity (Wildman–Crippen MR) is 143 cm³/mol. The number of aryl methyl sites for hydroxylation is 1. The SMILES string of the molecule is Cc1cccc(-c2ccc([C@@H]3CN4CCCCN(S(=O)(=O)C5CCNN5C(C)C)C[C@@H]34)cc2)c1C. The van der Waals surface area contributed by atoms with Crippen molar-refractivity contribution in [2.75, 3.05) is 32.7 Å². The van der Waals surface area contributed by atoms with Crippen LogP contribution in [0.15, 0.2) is 42.5 Å². The molecule has 3 aliphatic heterocycles. The summed E-state index contributed by atoms with van der Waals surface area (Å²) in [6.07, 6.45) is 2.63. The van der Waals surface area contributed by atoms with Crippen molar-refractivity contribution in [2.45, 2.75) is 70.3 Å². The number of benzene rings is 2. The lowest BCUT2D eigenvalue weighted by Gasteiger charge is -2.51. The van der Waals surface area contributed by atoms with E-state index in [2.05, 4.69) is 80.5 Å². The van der Waals surface area contributed by atoms with Crippen LogP contribution in [-0.2, 0) is 10.0 Å². The molecule has 3 fully saturated rings. The van der Waals surface area contributed by atoms with Crippen LogP contribution in [0.25, 0.3) is 11.1 Å². The average Bonchev–Trinajstić information content (AvgIpc) is 3.32. The van der Waals surface area contributed by atoms with Crippen LogP contribution in [0.5, 0.6) is 0 Å². The summed E-state index contributed by atoms with van der Waals surface area (Å²) in [6, 6.07) is 15.9. The first kappa shape index (κ1) is 24.9. The highest BCUT2D eigenvalue weighted by molar-refractivity contribution is 7.89. The Kier molecular flexibility index (Phi) is 7.07. The first-order chi connectivity index (χ1) is 16.8. The van der Waals surface area contributed by atoms with Crippen LogP contribution >= 0.6 is 0 Å². The molecule has 2 aromatic carbocycles. The molecule has 3 heterocycles. The van der Waals surface area contributed by atoms with Crippen LogP contribution in [0.4, 0.5) is 0 Å². The zero-order chi connectivity index (χ0) is 24.7. The van der Waals surface area contributed by atoms with E-state index in [0.29, 0.717) is 25.4 Å². The molecule has 0 aromatic heterocycles. The summed E-state index contributed by atoms with van der Waals surface area (Å²) in [5.74, 6) is 0.376. The van der Waals surface area contributed by atoms with Gasteiger partial charge < -0.3 is 0 Å². The third-order valence-corrected chi connectivity index (χ3v) is 10.6. The van der Waals surface area contributed by atoms with Crippen LogP contribution in [0.2, 0.25) is 0 Å². The molecule has 5 rings (SSSR count). The van der Waals surface area contributed by atoms with Crippen LogP contribution in [0.1, 0.15) is 55.7 Å².